The molecule has 2 saturated carbocycles. The number of fused-ring (bicyclic) bond motifs is 1. The Balaban J connectivity index is 1.78. The van der Waals surface area contributed by atoms with Crippen LogP contribution in [0.3, 0.4) is 0 Å². The number of nitrogens with one attached hydrogen (secondary N) is 1. The number of rotatable bonds is 3. The molecule has 0 spiro atoms. The molecule has 0 unspecified atom stereocenters. The Morgan fingerprint density at radius 1 is 1.15 bits per heavy atom. The summed E-state index contributed by atoms with van der Waals surface area (Å²) < 4.78 is 2.08. The average molecular weight is 270 g/mol. The van der Waals surface area contributed by atoms with Crippen molar-refractivity contribution >= 4 is 16.9 Å². The molecule has 2 aromatic heterocycles. The van der Waals surface area contributed by atoms with Crippen molar-refractivity contribution in [3.05, 3.63) is 28.8 Å². The maximum Gasteiger partial charge on any atom is 0.282 e. The van der Waals surface area contributed by atoms with Gasteiger partial charge in [-0.3, -0.25) is 4.79 Å². The smallest absolute Gasteiger partial charge is 0.282 e. The van der Waals surface area contributed by atoms with Crippen LogP contribution >= 0.6 is 0 Å². The van der Waals surface area contributed by atoms with Crippen LogP contribution in [0.5, 0.6) is 0 Å². The van der Waals surface area contributed by atoms with Gasteiger partial charge in [-0.25, -0.2) is 4.98 Å². The van der Waals surface area contributed by atoms with E-state index in [9.17, 15) is 4.79 Å². The first-order valence-electron chi connectivity index (χ1n) is 7.46. The minimum atomic E-state index is -0.182. The van der Waals surface area contributed by atoms with Crippen molar-refractivity contribution in [2.45, 2.75) is 50.6 Å². The summed E-state index contributed by atoms with van der Waals surface area (Å²) in [6.07, 6.45) is 8.94. The molecule has 2 fully saturated rings. The van der Waals surface area contributed by atoms with E-state index in [4.69, 9.17) is 0 Å². The summed E-state index contributed by atoms with van der Waals surface area (Å²) in [6, 6.07) is 4.76. The van der Waals surface area contributed by atoms with Gasteiger partial charge in [-0.1, -0.05) is 0 Å². The molecule has 0 saturated heterocycles. The van der Waals surface area contributed by atoms with E-state index in [-0.39, 0.29) is 5.56 Å². The highest BCUT2D eigenvalue weighted by Gasteiger charge is 2.22. The number of anilines is 1. The lowest BCUT2D eigenvalue weighted by Gasteiger charge is -2.29. The molecule has 0 aromatic carbocycles. The van der Waals surface area contributed by atoms with Gasteiger partial charge in [0.05, 0.1) is 5.39 Å². The van der Waals surface area contributed by atoms with Gasteiger partial charge in [-0.2, -0.15) is 4.98 Å². The Labute approximate surface area is 117 Å². The Morgan fingerprint density at radius 2 is 1.95 bits per heavy atom. The molecule has 1 N–H and O–H groups in total. The van der Waals surface area contributed by atoms with Crippen LogP contribution in [0.15, 0.2) is 23.3 Å². The highest BCUT2D eigenvalue weighted by Crippen LogP contribution is 2.33. The van der Waals surface area contributed by atoms with Crippen molar-refractivity contribution in [1.29, 1.82) is 0 Å². The number of hydrogen-bond donors (Lipinski definition) is 1. The Kier molecular flexibility index (Phi) is 2.72. The van der Waals surface area contributed by atoms with E-state index in [1.165, 1.54) is 25.7 Å². The molecule has 5 nitrogen and oxygen atoms in total. The van der Waals surface area contributed by atoms with Crippen LogP contribution in [0, 0.1) is 0 Å². The summed E-state index contributed by atoms with van der Waals surface area (Å²) in [5.74, 6) is 0.876. The molecule has 2 aromatic rings. The molecular formula is C15H18N4O. The van der Waals surface area contributed by atoms with Crippen LogP contribution in [0.25, 0.3) is 11.0 Å². The summed E-state index contributed by atoms with van der Waals surface area (Å²) in [5.41, 5.74) is 0.595. The molecule has 104 valence electrons. The molecule has 0 bridgehead atoms. The summed E-state index contributed by atoms with van der Waals surface area (Å²) in [7, 11) is 0. The minimum absolute atomic E-state index is 0.182. The van der Waals surface area contributed by atoms with E-state index in [1.807, 2.05) is 12.1 Å². The van der Waals surface area contributed by atoms with Gasteiger partial charge in [0, 0.05) is 12.1 Å². The number of hydrogen-bond acceptors (Lipinski definition) is 4. The lowest BCUT2D eigenvalue weighted by Crippen LogP contribution is -2.28. The van der Waals surface area contributed by atoms with Crippen molar-refractivity contribution in [2.75, 3.05) is 5.32 Å². The Bertz CT molecular complexity index is 701. The predicted octanol–water partition coefficient (Wildman–Crippen LogP) is 2.48. The third kappa shape index (κ3) is 1.88. The van der Waals surface area contributed by atoms with E-state index in [2.05, 4.69) is 19.9 Å². The maximum atomic E-state index is 11.9. The summed E-state index contributed by atoms with van der Waals surface area (Å²) in [5, 5.41) is 4.07. The fraction of sp³-hybridized carbons (Fsp3) is 0.533. The first-order chi connectivity index (χ1) is 9.81. The molecule has 0 amide bonds. The normalized spacial score (nSPS) is 19.6. The monoisotopic (exact) mass is 270 g/mol. The molecule has 4 rings (SSSR count). The third-order valence-electron chi connectivity index (χ3n) is 4.57. The zero-order valence-corrected chi connectivity index (χ0v) is 11.4. The van der Waals surface area contributed by atoms with E-state index < -0.39 is 0 Å². The first-order valence-corrected chi connectivity index (χ1v) is 7.46. The van der Waals surface area contributed by atoms with Gasteiger partial charge >= 0.3 is 0 Å². The minimum Gasteiger partial charge on any atom is -0.367 e. The van der Waals surface area contributed by atoms with Crippen molar-refractivity contribution < 1.29 is 0 Å². The molecule has 0 atom stereocenters. The molecule has 2 aliphatic carbocycles. The lowest BCUT2D eigenvalue weighted by molar-refractivity contribution is 0.316. The quantitative estimate of drug-likeness (QED) is 0.930. The number of nitrogens with zero attached hydrogens (tertiary/aromatic N) is 3. The summed E-state index contributed by atoms with van der Waals surface area (Å²) in [6.45, 7) is 0. The van der Waals surface area contributed by atoms with Gasteiger partial charge < -0.3 is 9.88 Å². The summed E-state index contributed by atoms with van der Waals surface area (Å²) in [4.78, 5) is 20.5. The third-order valence-corrected chi connectivity index (χ3v) is 4.57. The second-order valence-corrected chi connectivity index (χ2v) is 5.88. The molecule has 0 radical (unpaired) electrons. The van der Waals surface area contributed by atoms with Crippen molar-refractivity contribution in [3.63, 3.8) is 0 Å². The van der Waals surface area contributed by atoms with Crippen LogP contribution in [-0.2, 0) is 0 Å². The van der Waals surface area contributed by atoms with Gasteiger partial charge in [0.2, 0.25) is 0 Å². The van der Waals surface area contributed by atoms with E-state index >= 15 is 0 Å². The van der Waals surface area contributed by atoms with E-state index in [1.54, 1.807) is 6.33 Å². The fourth-order valence-electron chi connectivity index (χ4n) is 2.83. The van der Waals surface area contributed by atoms with Gasteiger partial charge in [0.25, 0.3) is 5.56 Å². The standard InChI is InChI=1S/C15H18N4O/c20-15-12-7-8-13(17-10-3-1-4-10)18-14(12)19(9-16-15)11-5-2-6-11/h7-11H,1-6H2,(H,17,18). The average Bonchev–Trinajstić information content (AvgIpc) is 2.35. The van der Waals surface area contributed by atoms with E-state index in [0.29, 0.717) is 17.5 Å². The molecule has 5 heteroatoms. The molecule has 0 aliphatic heterocycles. The lowest BCUT2D eigenvalue weighted by atomic mass is 9.93. The van der Waals surface area contributed by atoms with Gasteiger partial charge in [0.1, 0.15) is 17.8 Å². The molecule has 2 aliphatic rings. The maximum absolute atomic E-state index is 11.9. The second kappa shape index (κ2) is 4.58. The Hall–Kier alpha value is -1.91. The predicted molar refractivity (Wildman–Crippen MR) is 77.9 cm³/mol. The first kappa shape index (κ1) is 11.9. The zero-order chi connectivity index (χ0) is 13.5. The summed E-state index contributed by atoms with van der Waals surface area (Å²) >= 11 is 0. The Morgan fingerprint density at radius 3 is 2.60 bits per heavy atom. The van der Waals surface area contributed by atoms with Gasteiger partial charge in [-0.15, -0.1) is 0 Å². The highest BCUT2D eigenvalue weighted by molar-refractivity contribution is 5.76. The zero-order valence-electron chi connectivity index (χ0n) is 11.4. The van der Waals surface area contributed by atoms with Crippen molar-refractivity contribution in [1.82, 2.24) is 14.5 Å². The topological polar surface area (TPSA) is 59.8 Å². The molecule has 20 heavy (non-hydrogen) atoms. The fourth-order valence-corrected chi connectivity index (χ4v) is 2.83. The van der Waals surface area contributed by atoms with Crippen LogP contribution < -0.4 is 10.9 Å². The van der Waals surface area contributed by atoms with Crippen molar-refractivity contribution in [2.24, 2.45) is 0 Å². The highest BCUT2D eigenvalue weighted by atomic mass is 16.1. The van der Waals surface area contributed by atoms with E-state index in [0.717, 1.165) is 24.3 Å². The van der Waals surface area contributed by atoms with Crippen LogP contribution in [0.2, 0.25) is 0 Å². The molecular weight excluding hydrogens is 252 g/mol. The second-order valence-electron chi connectivity index (χ2n) is 5.88. The van der Waals surface area contributed by atoms with Gasteiger partial charge in [0.15, 0.2) is 0 Å². The van der Waals surface area contributed by atoms with Crippen LogP contribution in [0.4, 0.5) is 5.82 Å². The SMILES string of the molecule is O=c1ncn(C2CCC2)c2nc(NC3CCC3)ccc12. The van der Waals surface area contributed by atoms with Gasteiger partial charge in [-0.05, 0) is 50.7 Å². The largest absolute Gasteiger partial charge is 0.367 e. The van der Waals surface area contributed by atoms with Crippen molar-refractivity contribution in [3.8, 4) is 0 Å². The van der Waals surface area contributed by atoms with Crippen LogP contribution in [-0.4, -0.2) is 20.6 Å². The van der Waals surface area contributed by atoms with Crippen LogP contribution in [0.1, 0.15) is 44.6 Å². The number of aromatic nitrogens is 3. The molecule has 2 heterocycles. The number of pyridine rings is 1.